The molecule has 0 saturated heterocycles. The summed E-state index contributed by atoms with van der Waals surface area (Å²) in [5, 5.41) is 2.81. The molecule has 1 atom stereocenters. The summed E-state index contributed by atoms with van der Waals surface area (Å²) in [5.41, 5.74) is 2.88. The third-order valence-electron chi connectivity index (χ3n) is 6.23. The molecule has 2 aromatic rings. The summed E-state index contributed by atoms with van der Waals surface area (Å²) in [4.78, 5) is 4.72. The minimum absolute atomic E-state index is 0. The van der Waals surface area contributed by atoms with Gasteiger partial charge >= 0.3 is 0 Å². The normalized spacial score (nSPS) is 21.2. The van der Waals surface area contributed by atoms with Crippen molar-refractivity contribution in [2.45, 2.75) is 39.5 Å². The number of nitrogens with zero attached hydrogens (tertiary/aromatic N) is 1. The maximum absolute atomic E-state index is 5.78. The first kappa shape index (κ1) is 29.6. The van der Waals surface area contributed by atoms with Gasteiger partial charge in [0, 0.05) is 22.7 Å². The summed E-state index contributed by atoms with van der Waals surface area (Å²) in [6, 6.07) is 21.9. The second-order valence-corrected chi connectivity index (χ2v) is 17.6. The Bertz CT molecular complexity index is 901. The van der Waals surface area contributed by atoms with Crippen LogP contribution in [0.3, 0.4) is 0 Å². The molecule has 2 fully saturated rings. The maximum atomic E-state index is 5.78. The van der Waals surface area contributed by atoms with Crippen molar-refractivity contribution in [1.82, 2.24) is 0 Å². The molecule has 2 aromatic carbocycles. The molecule has 0 N–H and O–H groups in total. The minimum Gasteiger partial charge on any atom is -0.478 e. The number of ether oxygens (including phenoxy) is 1. The van der Waals surface area contributed by atoms with Crippen LogP contribution in [0.1, 0.15) is 13.8 Å². The van der Waals surface area contributed by atoms with E-state index in [1.807, 2.05) is 0 Å². The molecule has 0 spiro atoms. The first-order valence-corrected chi connectivity index (χ1v) is 17.3. The zero-order chi connectivity index (χ0) is 24.8. The fourth-order valence-corrected chi connectivity index (χ4v) is 8.15. The van der Waals surface area contributed by atoms with Gasteiger partial charge in [-0.05, 0) is 74.9 Å². The zero-order valence-electron chi connectivity index (χ0n) is 21.8. The minimum atomic E-state index is -1.30. The molecule has 0 aromatic heterocycles. The van der Waals surface area contributed by atoms with Crippen LogP contribution in [0.4, 0.5) is 0 Å². The van der Waals surface area contributed by atoms with Crippen LogP contribution in [0.2, 0.25) is 19.6 Å². The van der Waals surface area contributed by atoms with E-state index in [4.69, 9.17) is 9.73 Å². The standard InChI is InChI=1S/C17H14P.C14H22NOSi.Fe/c1-3-9-15(10-4-1)18(17-13-7-8-14-17)16-11-5-2-6-12-16;1-10(2)12-9-16-14(15-12)11-7-6-8-13(11)17(3,4)5;/h1-14H;6-8,10,12H,9H2,1-5H3;/t;12-;/m.1./s1. The molecule has 2 nitrogen and oxygen atoms in total. The zero-order valence-corrected chi connectivity index (χ0v) is 24.8. The van der Waals surface area contributed by atoms with Gasteiger partial charge in [0.2, 0.25) is 0 Å². The van der Waals surface area contributed by atoms with Crippen LogP contribution >= 0.6 is 7.92 Å². The SMILES string of the molecule is CC(C)[C@H]1COC([C]2[CH][CH][CH][C]2[Si](C)(C)C)=N1.[CH]1[CH][CH][C](P(c2ccccc2)c2ccccc2)[CH]1.[Fe]. The Kier molecular flexibility index (Phi) is 11.3. The van der Waals surface area contributed by atoms with E-state index >= 15 is 0 Å². The van der Waals surface area contributed by atoms with Crippen molar-refractivity contribution >= 4 is 32.5 Å². The van der Waals surface area contributed by atoms with Crippen molar-refractivity contribution in [1.29, 1.82) is 0 Å². The van der Waals surface area contributed by atoms with E-state index in [1.54, 1.807) is 0 Å². The molecule has 0 bridgehead atoms. The van der Waals surface area contributed by atoms with E-state index in [2.05, 4.69) is 139 Å². The topological polar surface area (TPSA) is 21.6 Å². The molecular weight excluding hydrogens is 517 g/mol. The number of aliphatic imine (C=N–C) groups is 1. The van der Waals surface area contributed by atoms with Crippen LogP contribution in [0.15, 0.2) is 65.7 Å². The number of hydrogen-bond donors (Lipinski definition) is 0. The Hall–Kier alpha value is -0.924. The summed E-state index contributed by atoms with van der Waals surface area (Å²) >= 11 is 0. The molecule has 36 heavy (non-hydrogen) atoms. The Balaban J connectivity index is 0.000000196. The van der Waals surface area contributed by atoms with E-state index in [-0.39, 0.29) is 17.1 Å². The predicted molar refractivity (Wildman–Crippen MR) is 154 cm³/mol. The first-order chi connectivity index (χ1) is 16.8. The summed E-state index contributed by atoms with van der Waals surface area (Å²) in [5.74, 6) is 2.65. The Morgan fingerprint density at radius 1 is 0.806 bits per heavy atom. The largest absolute Gasteiger partial charge is 0.478 e. The van der Waals surface area contributed by atoms with Crippen molar-refractivity contribution < 1.29 is 21.8 Å². The van der Waals surface area contributed by atoms with Crippen LogP contribution in [0, 0.1) is 68.0 Å². The molecule has 188 valence electrons. The van der Waals surface area contributed by atoms with E-state index in [0.717, 1.165) is 12.5 Å². The average Bonchev–Trinajstić information content (AvgIpc) is 3.62. The number of hydrogen-bond acceptors (Lipinski definition) is 2. The van der Waals surface area contributed by atoms with Gasteiger partial charge in [-0.3, -0.25) is 0 Å². The Labute approximate surface area is 233 Å². The van der Waals surface area contributed by atoms with Crippen LogP contribution in [0.25, 0.3) is 0 Å². The van der Waals surface area contributed by atoms with Crippen LogP contribution in [-0.4, -0.2) is 26.6 Å². The summed E-state index contributed by atoms with van der Waals surface area (Å²) < 4.78 is 5.78. The molecule has 5 heteroatoms. The third-order valence-corrected chi connectivity index (χ3v) is 10.7. The molecule has 3 aliphatic rings. The van der Waals surface area contributed by atoms with E-state index in [9.17, 15) is 0 Å². The quantitative estimate of drug-likeness (QED) is 0.293. The van der Waals surface area contributed by atoms with Gasteiger partial charge < -0.3 is 4.74 Å². The van der Waals surface area contributed by atoms with Crippen molar-refractivity contribution in [3.63, 3.8) is 0 Å². The van der Waals surface area contributed by atoms with Gasteiger partial charge in [0.05, 0.1) is 20.0 Å². The molecule has 2 saturated carbocycles. The first-order valence-electron chi connectivity index (χ1n) is 12.4. The smallest absolute Gasteiger partial charge is 0.191 e. The fraction of sp³-hybridized carbons (Fsp3) is 0.258. The number of benzene rings is 2. The van der Waals surface area contributed by atoms with Crippen molar-refractivity contribution in [3.8, 4) is 0 Å². The third kappa shape index (κ3) is 7.56. The van der Waals surface area contributed by atoms with E-state index < -0.39 is 16.0 Å². The second-order valence-electron chi connectivity index (χ2n) is 10.3. The second kappa shape index (κ2) is 13.7. The average molecular weight is 554 g/mol. The monoisotopic (exact) mass is 553 g/mol. The van der Waals surface area contributed by atoms with Crippen molar-refractivity contribution in [2.24, 2.45) is 10.9 Å². The van der Waals surface area contributed by atoms with Crippen molar-refractivity contribution in [2.75, 3.05) is 6.61 Å². The van der Waals surface area contributed by atoms with Crippen LogP contribution < -0.4 is 10.6 Å². The predicted octanol–water partition coefficient (Wildman–Crippen LogP) is 6.57. The summed E-state index contributed by atoms with van der Waals surface area (Å²) in [7, 11) is -1.71. The molecule has 2 aliphatic carbocycles. The van der Waals surface area contributed by atoms with Gasteiger partial charge in [-0.1, -0.05) is 94.2 Å². The fourth-order valence-electron chi connectivity index (χ4n) is 4.25. The van der Waals surface area contributed by atoms with E-state index in [0.29, 0.717) is 12.0 Å². The molecule has 1 aliphatic heterocycles. The maximum Gasteiger partial charge on any atom is 0.191 e. The molecule has 0 unspecified atom stereocenters. The van der Waals surface area contributed by atoms with Crippen LogP contribution in [-0.2, 0) is 21.8 Å². The molecule has 0 amide bonds. The van der Waals surface area contributed by atoms with Gasteiger partial charge in [0.25, 0.3) is 0 Å². The van der Waals surface area contributed by atoms with Crippen LogP contribution in [0.5, 0.6) is 0 Å². The van der Waals surface area contributed by atoms with Gasteiger partial charge in [-0.2, -0.15) is 0 Å². The number of rotatable bonds is 6. The summed E-state index contributed by atoms with van der Waals surface area (Å²) in [6.07, 6.45) is 15.2. The summed E-state index contributed by atoms with van der Waals surface area (Å²) in [6.45, 7) is 12.2. The van der Waals surface area contributed by atoms with Crippen molar-refractivity contribution in [3.05, 3.63) is 123 Å². The Morgan fingerprint density at radius 2 is 1.36 bits per heavy atom. The van der Waals surface area contributed by atoms with Gasteiger partial charge in [0.15, 0.2) is 5.90 Å². The molecule has 1 heterocycles. The van der Waals surface area contributed by atoms with Gasteiger partial charge in [-0.15, -0.1) is 0 Å². The van der Waals surface area contributed by atoms with Gasteiger partial charge in [-0.25, -0.2) is 4.99 Å². The molecular formula is C31H36FeNOPSi. The van der Waals surface area contributed by atoms with E-state index in [1.165, 1.54) is 27.7 Å². The molecule has 5 rings (SSSR count). The Morgan fingerprint density at radius 3 is 1.83 bits per heavy atom. The molecule has 10 radical (unpaired) electrons. The van der Waals surface area contributed by atoms with Gasteiger partial charge in [0.1, 0.15) is 6.61 Å².